The predicted molar refractivity (Wildman–Crippen MR) is 151 cm³/mol. The molecule has 7 rings (SSSR count). The number of amides is 1. The summed E-state index contributed by atoms with van der Waals surface area (Å²) < 4.78 is 42.6. The van der Waals surface area contributed by atoms with Crippen LogP contribution in [0, 0.1) is 23.2 Å². The summed E-state index contributed by atoms with van der Waals surface area (Å²) >= 11 is 0. The SMILES string of the molecule is CN(CC12CC3CC(CC(C3)C1)C2)C(=O)[C@@H]1CC(c2ccn(C(C)(C)C)n2)[C@H](c2cccc(C(F)(F)F)c2)N1.Cl. The van der Waals surface area contributed by atoms with E-state index in [0.29, 0.717) is 12.0 Å². The largest absolute Gasteiger partial charge is 0.416 e. The van der Waals surface area contributed by atoms with Crippen molar-refractivity contribution in [2.45, 2.75) is 95.4 Å². The summed E-state index contributed by atoms with van der Waals surface area (Å²) in [5, 5.41) is 8.29. The number of nitrogens with one attached hydrogen (secondary N) is 1. The van der Waals surface area contributed by atoms with Crippen molar-refractivity contribution in [2.24, 2.45) is 23.2 Å². The highest BCUT2D eigenvalue weighted by Gasteiger charge is 2.52. The van der Waals surface area contributed by atoms with Crippen LogP contribution in [0.4, 0.5) is 13.2 Å². The predicted octanol–water partition coefficient (Wildman–Crippen LogP) is 6.94. The summed E-state index contributed by atoms with van der Waals surface area (Å²) in [7, 11) is 1.92. The molecule has 1 unspecified atom stereocenters. The molecule has 220 valence electrons. The molecular formula is C31H42ClF3N4O. The number of carbonyl (C=O) groups is 1. The van der Waals surface area contributed by atoms with Crippen molar-refractivity contribution >= 4 is 18.3 Å². The van der Waals surface area contributed by atoms with Crippen molar-refractivity contribution in [3.05, 3.63) is 53.3 Å². The minimum absolute atomic E-state index is 0. The van der Waals surface area contributed by atoms with Crippen LogP contribution in [0.3, 0.4) is 0 Å². The van der Waals surface area contributed by atoms with Crippen LogP contribution in [0.2, 0.25) is 0 Å². The summed E-state index contributed by atoms with van der Waals surface area (Å²) in [4.78, 5) is 15.8. The van der Waals surface area contributed by atoms with Gasteiger partial charge in [-0.1, -0.05) is 12.1 Å². The first-order chi connectivity index (χ1) is 18.3. The minimum atomic E-state index is -4.43. The topological polar surface area (TPSA) is 50.2 Å². The Kier molecular flexibility index (Phi) is 7.61. The lowest BCUT2D eigenvalue weighted by Crippen LogP contribution is -2.53. The molecule has 4 aliphatic carbocycles. The number of likely N-dealkylation sites (N-methyl/N-ethyl adjacent to an activating group) is 1. The second-order valence-corrected chi connectivity index (χ2v) is 14.1. The molecule has 40 heavy (non-hydrogen) atoms. The second-order valence-electron chi connectivity index (χ2n) is 14.1. The van der Waals surface area contributed by atoms with E-state index in [9.17, 15) is 18.0 Å². The summed E-state index contributed by atoms with van der Waals surface area (Å²) in [6.45, 7) is 6.97. The highest BCUT2D eigenvalue weighted by atomic mass is 35.5. The third-order valence-electron chi connectivity index (χ3n) is 9.93. The normalized spacial score (nSPS) is 33.2. The van der Waals surface area contributed by atoms with E-state index >= 15 is 0 Å². The first kappa shape index (κ1) is 29.4. The first-order valence-electron chi connectivity index (χ1n) is 14.5. The highest BCUT2D eigenvalue weighted by Crippen LogP contribution is 2.60. The Hall–Kier alpha value is -2.06. The summed E-state index contributed by atoms with van der Waals surface area (Å²) in [5.41, 5.74) is 0.694. The van der Waals surface area contributed by atoms with Gasteiger partial charge in [-0.15, -0.1) is 12.4 Å². The van der Waals surface area contributed by atoms with Crippen LogP contribution in [0.5, 0.6) is 0 Å². The third kappa shape index (κ3) is 5.55. The lowest BCUT2D eigenvalue weighted by Gasteiger charge is -2.57. The van der Waals surface area contributed by atoms with E-state index in [4.69, 9.17) is 5.10 Å². The van der Waals surface area contributed by atoms with Gasteiger partial charge in [-0.25, -0.2) is 0 Å². The van der Waals surface area contributed by atoms with Gasteiger partial charge in [-0.3, -0.25) is 14.8 Å². The van der Waals surface area contributed by atoms with Crippen LogP contribution in [-0.4, -0.2) is 40.2 Å². The van der Waals surface area contributed by atoms with E-state index in [0.717, 1.165) is 36.1 Å². The van der Waals surface area contributed by atoms with Gasteiger partial charge in [0.2, 0.25) is 5.91 Å². The van der Waals surface area contributed by atoms with Gasteiger partial charge in [-0.2, -0.15) is 18.3 Å². The molecule has 1 N–H and O–H groups in total. The smallest absolute Gasteiger partial charge is 0.344 e. The Balaban J connectivity index is 0.00000323. The number of halogens is 4. The van der Waals surface area contributed by atoms with Gasteiger partial charge >= 0.3 is 6.18 Å². The molecule has 4 bridgehead atoms. The summed E-state index contributed by atoms with van der Waals surface area (Å²) in [5.74, 6) is 2.28. The van der Waals surface area contributed by atoms with Crippen LogP contribution in [0.25, 0.3) is 0 Å². The van der Waals surface area contributed by atoms with Crippen molar-refractivity contribution < 1.29 is 18.0 Å². The Morgan fingerprint density at radius 1 is 1.05 bits per heavy atom. The van der Waals surface area contributed by atoms with E-state index in [1.807, 2.05) is 28.9 Å². The second kappa shape index (κ2) is 10.3. The first-order valence-corrected chi connectivity index (χ1v) is 14.5. The Morgan fingerprint density at radius 3 is 2.23 bits per heavy atom. The molecule has 9 heteroatoms. The van der Waals surface area contributed by atoms with Crippen molar-refractivity contribution in [2.75, 3.05) is 13.6 Å². The van der Waals surface area contributed by atoms with Gasteiger partial charge in [0.15, 0.2) is 0 Å². The maximum Gasteiger partial charge on any atom is 0.416 e. The maximum absolute atomic E-state index is 13.9. The lowest BCUT2D eigenvalue weighted by molar-refractivity contribution is -0.138. The third-order valence-corrected chi connectivity index (χ3v) is 9.93. The monoisotopic (exact) mass is 578 g/mol. The molecule has 0 radical (unpaired) electrons. The number of hydrogen-bond donors (Lipinski definition) is 1. The molecule has 1 aromatic heterocycles. The zero-order valence-corrected chi connectivity index (χ0v) is 24.7. The van der Waals surface area contributed by atoms with Crippen LogP contribution >= 0.6 is 12.4 Å². The van der Waals surface area contributed by atoms with Gasteiger partial charge in [0.25, 0.3) is 0 Å². The zero-order valence-electron chi connectivity index (χ0n) is 23.9. The van der Waals surface area contributed by atoms with Gasteiger partial charge in [0.1, 0.15) is 0 Å². The molecule has 1 aliphatic heterocycles. The fourth-order valence-electron chi connectivity index (χ4n) is 8.73. The molecule has 0 spiro atoms. The highest BCUT2D eigenvalue weighted by molar-refractivity contribution is 5.85. The number of hydrogen-bond acceptors (Lipinski definition) is 3. The molecule has 2 aromatic rings. The standard InChI is InChI=1S/C31H41F3N4O.ClH/c1-29(2,3)38-9-8-25(36-38)24-14-26(35-27(24)22-6-5-7-23(13-22)31(32,33)34)28(39)37(4)18-30-15-19-10-20(16-30)12-21(11-19)17-30;/h5-9,13,19-21,24,26-27,35H,10-12,14-18H2,1-4H3;1H/t19?,20?,21?,24?,26-,27-,30?;/m0./s1. The number of rotatable bonds is 5. The average molecular weight is 579 g/mol. The average Bonchev–Trinajstić information content (AvgIpc) is 3.50. The van der Waals surface area contributed by atoms with Crippen LogP contribution in [-0.2, 0) is 16.5 Å². The van der Waals surface area contributed by atoms with Crippen molar-refractivity contribution in [1.29, 1.82) is 0 Å². The Labute approximate surface area is 241 Å². The summed E-state index contributed by atoms with van der Waals surface area (Å²) in [6.07, 6.45) is 5.79. The number of aromatic nitrogens is 2. The number of benzene rings is 1. The fraction of sp³-hybridized carbons (Fsp3) is 0.677. The van der Waals surface area contributed by atoms with E-state index in [1.165, 1.54) is 50.7 Å². The molecule has 1 amide bonds. The maximum atomic E-state index is 13.9. The molecule has 5 aliphatic rings. The van der Waals surface area contributed by atoms with E-state index in [-0.39, 0.29) is 35.2 Å². The lowest BCUT2D eigenvalue weighted by atomic mass is 9.49. The molecular weight excluding hydrogens is 537 g/mol. The molecule has 1 saturated heterocycles. The van der Waals surface area contributed by atoms with E-state index in [1.54, 1.807) is 6.07 Å². The van der Waals surface area contributed by atoms with Crippen LogP contribution in [0.1, 0.15) is 94.5 Å². The molecule has 3 atom stereocenters. The van der Waals surface area contributed by atoms with Gasteiger partial charge in [0.05, 0.1) is 22.8 Å². The van der Waals surface area contributed by atoms with Crippen LogP contribution < -0.4 is 5.32 Å². The molecule has 2 heterocycles. The number of nitrogens with zero attached hydrogens (tertiary/aromatic N) is 3. The van der Waals surface area contributed by atoms with Gasteiger partial charge in [-0.05, 0) is 113 Å². The molecule has 5 fully saturated rings. The van der Waals surface area contributed by atoms with E-state index in [2.05, 4.69) is 26.1 Å². The number of carbonyl (C=O) groups excluding carboxylic acids is 1. The number of alkyl halides is 3. The van der Waals surface area contributed by atoms with Crippen molar-refractivity contribution in [3.8, 4) is 0 Å². The quantitative estimate of drug-likeness (QED) is 0.418. The molecule has 5 nitrogen and oxygen atoms in total. The van der Waals surface area contributed by atoms with Gasteiger partial charge in [0, 0.05) is 31.7 Å². The van der Waals surface area contributed by atoms with Crippen molar-refractivity contribution in [1.82, 2.24) is 20.0 Å². The Morgan fingerprint density at radius 2 is 1.68 bits per heavy atom. The molecule has 4 saturated carbocycles. The Bertz CT molecular complexity index is 1200. The zero-order chi connectivity index (χ0) is 27.7. The minimum Gasteiger partial charge on any atom is -0.344 e. The molecule has 1 aromatic carbocycles. The van der Waals surface area contributed by atoms with Crippen LogP contribution in [0.15, 0.2) is 36.5 Å². The van der Waals surface area contributed by atoms with Crippen molar-refractivity contribution in [3.63, 3.8) is 0 Å². The van der Waals surface area contributed by atoms with E-state index < -0.39 is 23.8 Å². The fourth-order valence-corrected chi connectivity index (χ4v) is 8.73. The van der Waals surface area contributed by atoms with Gasteiger partial charge < -0.3 is 4.90 Å². The summed E-state index contributed by atoms with van der Waals surface area (Å²) in [6, 6.07) is 6.56.